The van der Waals surface area contributed by atoms with Crippen molar-refractivity contribution in [1.29, 1.82) is 0 Å². The summed E-state index contributed by atoms with van der Waals surface area (Å²) in [5.74, 6) is 0.809. The smallest absolute Gasteiger partial charge is 0.237 e. The number of piperidine rings is 1. The van der Waals surface area contributed by atoms with Gasteiger partial charge in [-0.1, -0.05) is 12.1 Å². The summed E-state index contributed by atoms with van der Waals surface area (Å²) in [7, 11) is 3.21. The van der Waals surface area contributed by atoms with Crippen molar-refractivity contribution in [2.75, 3.05) is 40.5 Å². The van der Waals surface area contributed by atoms with Crippen LogP contribution in [0.5, 0.6) is 5.75 Å². The van der Waals surface area contributed by atoms with E-state index in [0.29, 0.717) is 45.6 Å². The van der Waals surface area contributed by atoms with Crippen molar-refractivity contribution in [1.82, 2.24) is 15.1 Å². The molecule has 0 aromatic heterocycles. The third-order valence-electron chi connectivity index (χ3n) is 6.03. The number of aliphatic hydroxyl groups is 1. The first kappa shape index (κ1) is 22.5. The fraction of sp³-hybridized carbons (Fsp3) is 0.636. The van der Waals surface area contributed by atoms with E-state index in [9.17, 15) is 14.7 Å². The minimum absolute atomic E-state index is 0.0621. The number of carbonyl (C=O) groups excluding carboxylic acids is 2. The first-order valence-electron chi connectivity index (χ1n) is 10.6. The largest absolute Gasteiger partial charge is 0.497 e. The lowest BCUT2D eigenvalue weighted by Crippen LogP contribution is -2.52. The molecular weight excluding hydrogens is 386 g/mol. The second kappa shape index (κ2) is 10.7. The van der Waals surface area contributed by atoms with E-state index in [1.165, 1.54) is 0 Å². The highest BCUT2D eigenvalue weighted by molar-refractivity contribution is 5.82. The van der Waals surface area contributed by atoms with Crippen molar-refractivity contribution in [3.05, 3.63) is 29.8 Å². The predicted molar refractivity (Wildman–Crippen MR) is 112 cm³/mol. The Morgan fingerprint density at radius 1 is 1.23 bits per heavy atom. The van der Waals surface area contributed by atoms with Gasteiger partial charge in [-0.3, -0.25) is 14.5 Å². The van der Waals surface area contributed by atoms with Gasteiger partial charge < -0.3 is 24.8 Å². The zero-order chi connectivity index (χ0) is 21.5. The average molecular weight is 420 g/mol. The van der Waals surface area contributed by atoms with E-state index >= 15 is 0 Å². The monoisotopic (exact) mass is 419 g/mol. The molecule has 0 bridgehead atoms. The molecule has 1 aromatic rings. The average Bonchev–Trinajstić information content (AvgIpc) is 3.17. The molecule has 0 unspecified atom stereocenters. The summed E-state index contributed by atoms with van der Waals surface area (Å²) in [6.07, 6.45) is 1.96. The first-order valence-corrected chi connectivity index (χ1v) is 10.6. The Kier molecular flexibility index (Phi) is 8.07. The topological polar surface area (TPSA) is 91.3 Å². The van der Waals surface area contributed by atoms with Crippen LogP contribution in [-0.2, 0) is 20.9 Å². The SMILES string of the molecule is COCCC(=O)N1CCC(N2C[C@H](O)C[C@H]2C(=O)NCc2cccc(OC)c2)CC1. The molecule has 1 aromatic carbocycles. The highest BCUT2D eigenvalue weighted by atomic mass is 16.5. The first-order chi connectivity index (χ1) is 14.5. The number of ether oxygens (including phenoxy) is 2. The lowest BCUT2D eigenvalue weighted by Gasteiger charge is -2.39. The van der Waals surface area contributed by atoms with E-state index in [0.717, 1.165) is 24.2 Å². The Hall–Kier alpha value is -2.16. The summed E-state index contributed by atoms with van der Waals surface area (Å²) in [6, 6.07) is 7.46. The van der Waals surface area contributed by atoms with Gasteiger partial charge in [0.25, 0.3) is 0 Å². The van der Waals surface area contributed by atoms with Crippen LogP contribution < -0.4 is 10.1 Å². The maximum absolute atomic E-state index is 12.9. The van der Waals surface area contributed by atoms with Crippen molar-refractivity contribution in [3.8, 4) is 5.75 Å². The molecule has 8 heteroatoms. The van der Waals surface area contributed by atoms with E-state index in [4.69, 9.17) is 9.47 Å². The quantitative estimate of drug-likeness (QED) is 0.647. The summed E-state index contributed by atoms with van der Waals surface area (Å²) in [6.45, 7) is 2.71. The normalized spacial score (nSPS) is 22.8. The molecular formula is C22H33N3O5. The maximum Gasteiger partial charge on any atom is 0.237 e. The number of likely N-dealkylation sites (tertiary alicyclic amines) is 2. The van der Waals surface area contributed by atoms with Gasteiger partial charge in [-0.2, -0.15) is 0 Å². The lowest BCUT2D eigenvalue weighted by atomic mass is 10.0. The molecule has 2 amide bonds. The van der Waals surface area contributed by atoms with E-state index in [2.05, 4.69) is 10.2 Å². The van der Waals surface area contributed by atoms with E-state index < -0.39 is 6.10 Å². The summed E-state index contributed by atoms with van der Waals surface area (Å²) in [5, 5.41) is 13.2. The number of carbonyl (C=O) groups is 2. The number of hydrogen-bond acceptors (Lipinski definition) is 6. The molecule has 3 rings (SSSR count). The minimum atomic E-state index is -0.501. The Bertz CT molecular complexity index is 720. The van der Waals surface area contributed by atoms with Crippen LogP contribution in [-0.4, -0.2) is 85.4 Å². The third-order valence-corrected chi connectivity index (χ3v) is 6.03. The van der Waals surface area contributed by atoms with Crippen molar-refractivity contribution < 1.29 is 24.2 Å². The third kappa shape index (κ3) is 5.71. The van der Waals surface area contributed by atoms with Crippen LogP contribution in [0.1, 0.15) is 31.2 Å². The summed E-state index contributed by atoms with van der Waals surface area (Å²) < 4.78 is 10.2. The molecule has 2 aliphatic heterocycles. The van der Waals surface area contributed by atoms with Crippen molar-refractivity contribution >= 4 is 11.8 Å². The molecule has 30 heavy (non-hydrogen) atoms. The van der Waals surface area contributed by atoms with Gasteiger partial charge in [0.05, 0.1) is 32.3 Å². The van der Waals surface area contributed by atoms with Gasteiger partial charge in [0.1, 0.15) is 5.75 Å². The second-order valence-electron chi connectivity index (χ2n) is 8.03. The van der Waals surface area contributed by atoms with Crippen molar-refractivity contribution in [2.45, 2.75) is 50.4 Å². The zero-order valence-electron chi connectivity index (χ0n) is 17.9. The van der Waals surface area contributed by atoms with Crippen LogP contribution in [0.25, 0.3) is 0 Å². The fourth-order valence-electron chi connectivity index (χ4n) is 4.38. The van der Waals surface area contributed by atoms with Crippen molar-refractivity contribution in [2.24, 2.45) is 0 Å². The number of hydrogen-bond donors (Lipinski definition) is 2. The number of nitrogens with one attached hydrogen (secondary N) is 1. The number of amides is 2. The second-order valence-corrected chi connectivity index (χ2v) is 8.03. The molecule has 2 N–H and O–H groups in total. The Morgan fingerprint density at radius 2 is 2.00 bits per heavy atom. The van der Waals surface area contributed by atoms with Gasteiger partial charge in [0.2, 0.25) is 11.8 Å². The number of nitrogens with zero attached hydrogens (tertiary/aromatic N) is 2. The number of methoxy groups -OCH3 is 2. The minimum Gasteiger partial charge on any atom is -0.497 e. The van der Waals surface area contributed by atoms with Crippen LogP contribution in [0.2, 0.25) is 0 Å². The number of β-amino-alcohol motifs (C(OH)–C–C–N with tert-alkyl or cyclic N) is 1. The van der Waals surface area contributed by atoms with Gasteiger partial charge in [-0.25, -0.2) is 0 Å². The standard InChI is InChI=1S/C22H33N3O5/c1-29-11-8-21(27)24-9-6-17(7-10-24)25-15-18(26)13-20(25)22(28)23-14-16-4-3-5-19(12-16)30-2/h3-5,12,17-18,20,26H,6-11,13-15H2,1-2H3,(H,23,28)/t18-,20+/m1/s1. The lowest BCUT2D eigenvalue weighted by molar-refractivity contribution is -0.134. The summed E-state index contributed by atoms with van der Waals surface area (Å²) in [5.41, 5.74) is 0.968. The van der Waals surface area contributed by atoms with Gasteiger partial charge in [0, 0.05) is 39.3 Å². The summed E-state index contributed by atoms with van der Waals surface area (Å²) >= 11 is 0. The maximum atomic E-state index is 12.9. The van der Waals surface area contributed by atoms with Crippen LogP contribution in [0.3, 0.4) is 0 Å². The Labute approximate surface area is 178 Å². The molecule has 2 fully saturated rings. The molecule has 166 valence electrons. The van der Waals surface area contributed by atoms with Crippen LogP contribution >= 0.6 is 0 Å². The molecule has 0 spiro atoms. The highest BCUT2D eigenvalue weighted by Gasteiger charge is 2.40. The number of rotatable bonds is 8. The van der Waals surface area contributed by atoms with Crippen LogP contribution in [0, 0.1) is 0 Å². The molecule has 0 radical (unpaired) electrons. The highest BCUT2D eigenvalue weighted by Crippen LogP contribution is 2.27. The van der Waals surface area contributed by atoms with Gasteiger partial charge in [-0.05, 0) is 37.0 Å². The van der Waals surface area contributed by atoms with E-state index in [1.54, 1.807) is 14.2 Å². The van der Waals surface area contributed by atoms with Crippen molar-refractivity contribution in [3.63, 3.8) is 0 Å². The molecule has 2 saturated heterocycles. The van der Waals surface area contributed by atoms with Crippen LogP contribution in [0.4, 0.5) is 0 Å². The Balaban J connectivity index is 1.53. The molecule has 2 heterocycles. The summed E-state index contributed by atoms with van der Waals surface area (Å²) in [4.78, 5) is 29.1. The molecule has 0 aliphatic carbocycles. The Morgan fingerprint density at radius 3 is 2.70 bits per heavy atom. The molecule has 0 saturated carbocycles. The van der Waals surface area contributed by atoms with E-state index in [1.807, 2.05) is 29.2 Å². The number of aliphatic hydroxyl groups excluding tert-OH is 1. The zero-order valence-corrected chi connectivity index (χ0v) is 17.9. The van der Waals surface area contributed by atoms with Gasteiger partial charge >= 0.3 is 0 Å². The molecule has 8 nitrogen and oxygen atoms in total. The molecule has 2 aliphatic rings. The van der Waals surface area contributed by atoms with Crippen LogP contribution in [0.15, 0.2) is 24.3 Å². The predicted octanol–water partition coefficient (Wildman–Crippen LogP) is 0.774. The van der Waals surface area contributed by atoms with E-state index in [-0.39, 0.29) is 23.9 Å². The van der Waals surface area contributed by atoms with Gasteiger partial charge in [-0.15, -0.1) is 0 Å². The number of benzene rings is 1. The molecule has 2 atom stereocenters. The fourth-order valence-corrected chi connectivity index (χ4v) is 4.38. The van der Waals surface area contributed by atoms with Gasteiger partial charge in [0.15, 0.2) is 0 Å².